The van der Waals surface area contributed by atoms with Gasteiger partial charge in [-0.15, -0.1) is 11.8 Å². The molecule has 1 aliphatic rings. The van der Waals surface area contributed by atoms with Crippen molar-refractivity contribution < 1.29 is 8.78 Å². The summed E-state index contributed by atoms with van der Waals surface area (Å²) < 4.78 is 24.5. The Hall–Kier alpha value is -1.08. The van der Waals surface area contributed by atoms with Crippen molar-refractivity contribution in [2.45, 2.75) is 36.0 Å². The molecule has 0 radical (unpaired) electrons. The summed E-state index contributed by atoms with van der Waals surface area (Å²) in [6, 6.07) is 9.80. The first-order chi connectivity index (χ1) is 8.18. The first-order valence-electron chi connectivity index (χ1n) is 5.60. The molecule has 0 aromatic heterocycles. The van der Waals surface area contributed by atoms with Crippen molar-refractivity contribution >= 4 is 11.8 Å². The van der Waals surface area contributed by atoms with E-state index >= 15 is 0 Å². The second-order valence-electron chi connectivity index (χ2n) is 4.25. The average Bonchev–Trinajstić information content (AvgIpc) is 2.27. The van der Waals surface area contributed by atoms with Gasteiger partial charge in [-0.1, -0.05) is 18.2 Å². The number of hydrogen-bond acceptors (Lipinski definition) is 2. The summed E-state index contributed by atoms with van der Waals surface area (Å²) in [5, 5.41) is 9.28. The molecule has 1 aromatic carbocycles. The van der Waals surface area contributed by atoms with Crippen LogP contribution in [0.3, 0.4) is 0 Å². The van der Waals surface area contributed by atoms with E-state index in [1.54, 1.807) is 0 Å². The molecule has 0 bridgehead atoms. The quantitative estimate of drug-likeness (QED) is 0.757. The highest BCUT2D eigenvalue weighted by Gasteiger charge is 2.40. The summed E-state index contributed by atoms with van der Waals surface area (Å²) in [5.74, 6) is -0.210. The molecule has 1 aromatic rings. The number of rotatable bonds is 4. The van der Waals surface area contributed by atoms with Gasteiger partial charge in [0.15, 0.2) is 0 Å². The van der Waals surface area contributed by atoms with Crippen molar-refractivity contribution in [3.05, 3.63) is 29.8 Å². The van der Waals surface area contributed by atoms with Crippen LogP contribution in [0.2, 0.25) is 0 Å². The van der Waals surface area contributed by atoms with Gasteiger partial charge < -0.3 is 0 Å². The van der Waals surface area contributed by atoms with Crippen molar-refractivity contribution in [2.75, 3.05) is 5.75 Å². The largest absolute Gasteiger partial charge is 0.247 e. The van der Waals surface area contributed by atoms with E-state index in [0.717, 1.165) is 41.5 Å². The van der Waals surface area contributed by atoms with E-state index in [-0.39, 0.29) is 5.75 Å². The molecule has 1 fully saturated rings. The van der Waals surface area contributed by atoms with Crippen LogP contribution in [0, 0.1) is 11.3 Å². The fourth-order valence-corrected chi connectivity index (χ4v) is 3.01. The smallest absolute Gasteiger partial charge is 0.210 e. The van der Waals surface area contributed by atoms with Crippen LogP contribution in [0.5, 0.6) is 0 Å². The monoisotopic (exact) mass is 253 g/mol. The van der Waals surface area contributed by atoms with E-state index in [1.807, 2.05) is 24.3 Å². The summed E-state index contributed by atoms with van der Waals surface area (Å²) >= 11 is 1.15. The van der Waals surface area contributed by atoms with E-state index in [1.165, 1.54) is 0 Å². The Kier molecular flexibility index (Phi) is 3.68. The van der Waals surface area contributed by atoms with E-state index in [4.69, 9.17) is 0 Å². The maximum absolute atomic E-state index is 12.2. The zero-order valence-corrected chi connectivity index (χ0v) is 10.1. The van der Waals surface area contributed by atoms with Crippen LogP contribution >= 0.6 is 11.8 Å². The van der Waals surface area contributed by atoms with Crippen LogP contribution in [0.1, 0.15) is 24.8 Å². The maximum atomic E-state index is 12.2. The van der Waals surface area contributed by atoms with Crippen LogP contribution in [0.4, 0.5) is 8.78 Å². The predicted octanol–water partition coefficient (Wildman–Crippen LogP) is 3.99. The molecule has 4 heteroatoms. The molecule has 0 atom stereocenters. The SMILES string of the molecule is N#CC1(c2ccccc2SCC(F)F)CCC1. The van der Waals surface area contributed by atoms with Gasteiger partial charge in [0, 0.05) is 4.90 Å². The van der Waals surface area contributed by atoms with Gasteiger partial charge in [-0.2, -0.15) is 5.26 Å². The third-order valence-corrected chi connectivity index (χ3v) is 4.27. The number of thioether (sulfide) groups is 1. The minimum Gasteiger partial charge on any atom is -0.210 e. The van der Waals surface area contributed by atoms with Crippen LogP contribution in [0.25, 0.3) is 0 Å². The Morgan fingerprint density at radius 3 is 2.59 bits per heavy atom. The summed E-state index contributed by atoms with van der Waals surface area (Å²) in [7, 11) is 0. The lowest BCUT2D eigenvalue weighted by Crippen LogP contribution is -2.32. The minimum atomic E-state index is -2.31. The van der Waals surface area contributed by atoms with Crippen LogP contribution < -0.4 is 0 Å². The second kappa shape index (κ2) is 5.05. The number of halogens is 2. The molecule has 0 unspecified atom stereocenters. The highest BCUT2D eigenvalue weighted by atomic mass is 32.2. The highest BCUT2D eigenvalue weighted by molar-refractivity contribution is 7.99. The third-order valence-electron chi connectivity index (χ3n) is 3.19. The number of benzene rings is 1. The van der Waals surface area contributed by atoms with Crippen molar-refractivity contribution in [3.63, 3.8) is 0 Å². The van der Waals surface area contributed by atoms with Crippen molar-refractivity contribution in [1.29, 1.82) is 5.26 Å². The zero-order valence-electron chi connectivity index (χ0n) is 9.33. The lowest BCUT2D eigenvalue weighted by Gasteiger charge is -2.36. The van der Waals surface area contributed by atoms with Gasteiger partial charge in [0.25, 0.3) is 0 Å². The first-order valence-corrected chi connectivity index (χ1v) is 6.58. The summed E-state index contributed by atoms with van der Waals surface area (Å²) in [4.78, 5) is 0.828. The summed E-state index contributed by atoms with van der Waals surface area (Å²) in [6.45, 7) is 0. The van der Waals surface area contributed by atoms with E-state index in [2.05, 4.69) is 6.07 Å². The lowest BCUT2D eigenvalue weighted by molar-refractivity contribution is 0.177. The Labute approximate surface area is 104 Å². The Balaban J connectivity index is 2.25. The molecular formula is C13H13F2NS. The van der Waals surface area contributed by atoms with Gasteiger partial charge in [-0.05, 0) is 30.9 Å². The predicted molar refractivity (Wildman–Crippen MR) is 64.3 cm³/mol. The molecule has 0 spiro atoms. The van der Waals surface area contributed by atoms with Crippen LogP contribution in [-0.2, 0) is 5.41 Å². The Bertz CT molecular complexity index is 435. The van der Waals surface area contributed by atoms with Gasteiger partial charge >= 0.3 is 0 Å². The van der Waals surface area contributed by atoms with Gasteiger partial charge in [0.05, 0.1) is 17.2 Å². The average molecular weight is 253 g/mol. The van der Waals surface area contributed by atoms with E-state index < -0.39 is 11.8 Å². The van der Waals surface area contributed by atoms with Crippen LogP contribution in [0.15, 0.2) is 29.2 Å². The molecule has 90 valence electrons. The molecule has 2 rings (SSSR count). The molecule has 1 aliphatic carbocycles. The molecule has 17 heavy (non-hydrogen) atoms. The second-order valence-corrected chi connectivity index (χ2v) is 5.31. The van der Waals surface area contributed by atoms with Crippen molar-refractivity contribution in [2.24, 2.45) is 0 Å². The Morgan fingerprint density at radius 2 is 2.06 bits per heavy atom. The molecule has 0 amide bonds. The number of alkyl halides is 2. The molecular weight excluding hydrogens is 240 g/mol. The number of nitriles is 1. The van der Waals surface area contributed by atoms with Gasteiger partial charge in [0.2, 0.25) is 6.43 Å². The summed E-state index contributed by atoms with van der Waals surface area (Å²) in [6.07, 6.45) is 0.417. The standard InChI is InChI=1S/C13H13F2NS/c14-12(15)8-17-11-5-2-1-4-10(11)13(9-16)6-3-7-13/h1-2,4-5,12H,3,6-8H2. The normalized spacial score (nSPS) is 17.5. The first kappa shape index (κ1) is 12.4. The van der Waals surface area contributed by atoms with Gasteiger partial charge in [-0.3, -0.25) is 0 Å². The fraction of sp³-hybridized carbons (Fsp3) is 0.462. The highest BCUT2D eigenvalue weighted by Crippen LogP contribution is 2.46. The lowest BCUT2D eigenvalue weighted by atomic mass is 9.65. The molecule has 0 N–H and O–H groups in total. The molecule has 0 saturated heterocycles. The topological polar surface area (TPSA) is 23.8 Å². The van der Waals surface area contributed by atoms with Gasteiger partial charge in [-0.25, -0.2) is 8.78 Å². The number of hydrogen-bond donors (Lipinski definition) is 0. The number of nitrogens with zero attached hydrogens (tertiary/aromatic N) is 1. The zero-order chi connectivity index (χ0) is 12.3. The van der Waals surface area contributed by atoms with Gasteiger partial charge in [0.1, 0.15) is 0 Å². The maximum Gasteiger partial charge on any atom is 0.247 e. The molecule has 0 aliphatic heterocycles. The fourth-order valence-electron chi connectivity index (χ4n) is 2.11. The van der Waals surface area contributed by atoms with Crippen molar-refractivity contribution in [1.82, 2.24) is 0 Å². The van der Waals surface area contributed by atoms with Crippen LogP contribution in [-0.4, -0.2) is 12.2 Å². The molecule has 0 heterocycles. The summed E-state index contributed by atoms with van der Waals surface area (Å²) in [5.41, 5.74) is 0.505. The van der Waals surface area contributed by atoms with E-state index in [9.17, 15) is 14.0 Å². The molecule has 1 nitrogen and oxygen atoms in total. The Morgan fingerprint density at radius 1 is 1.35 bits per heavy atom. The van der Waals surface area contributed by atoms with Crippen molar-refractivity contribution in [3.8, 4) is 6.07 Å². The minimum absolute atomic E-state index is 0.210. The van der Waals surface area contributed by atoms with E-state index in [0.29, 0.717) is 0 Å². The molecule has 1 saturated carbocycles. The third kappa shape index (κ3) is 2.44.